The van der Waals surface area contributed by atoms with E-state index in [1.807, 2.05) is 37.3 Å². The van der Waals surface area contributed by atoms with Gasteiger partial charge in [-0.3, -0.25) is 0 Å². The van der Waals surface area contributed by atoms with Crippen molar-refractivity contribution in [2.24, 2.45) is 0 Å². The molecule has 1 unspecified atom stereocenters. The third-order valence-electron chi connectivity index (χ3n) is 3.47. The summed E-state index contributed by atoms with van der Waals surface area (Å²) in [6.45, 7) is 9.14. The van der Waals surface area contributed by atoms with Crippen LogP contribution in [0.4, 0.5) is 4.39 Å². The Morgan fingerprint density at radius 3 is 2.55 bits per heavy atom. The van der Waals surface area contributed by atoms with E-state index >= 15 is 0 Å². The molecule has 2 rings (SSSR count). The number of rotatable bonds is 6. The first-order valence-corrected chi connectivity index (χ1v) is 7.18. The average Bonchev–Trinajstić information content (AvgIpc) is 2.44. The molecule has 1 nitrogen and oxygen atoms in total. The van der Waals surface area contributed by atoms with Gasteiger partial charge in [0, 0.05) is 11.4 Å². The van der Waals surface area contributed by atoms with Crippen LogP contribution in [0.5, 0.6) is 0 Å². The van der Waals surface area contributed by atoms with E-state index in [2.05, 4.69) is 18.8 Å². The van der Waals surface area contributed by atoms with Crippen LogP contribution in [-0.2, 0) is 0 Å². The summed E-state index contributed by atoms with van der Waals surface area (Å²) in [6, 6.07) is 11.3. The minimum atomic E-state index is -0.158. The molecule has 20 heavy (non-hydrogen) atoms. The third-order valence-corrected chi connectivity index (χ3v) is 3.47. The normalized spacial score (nSPS) is 12.6. The van der Waals surface area contributed by atoms with Crippen molar-refractivity contribution in [3.05, 3.63) is 59.9 Å². The van der Waals surface area contributed by atoms with E-state index in [9.17, 15) is 4.39 Å². The fourth-order valence-electron chi connectivity index (χ4n) is 2.55. The van der Waals surface area contributed by atoms with Crippen molar-refractivity contribution >= 4 is 10.8 Å². The number of fused-ring (bicyclic) bond motifs is 1. The van der Waals surface area contributed by atoms with Gasteiger partial charge in [-0.15, -0.1) is 6.58 Å². The van der Waals surface area contributed by atoms with Crippen LogP contribution in [0.15, 0.2) is 48.6 Å². The van der Waals surface area contributed by atoms with Gasteiger partial charge in [0.2, 0.25) is 0 Å². The van der Waals surface area contributed by atoms with Crippen molar-refractivity contribution in [3.8, 4) is 0 Å². The SMILES string of the molecule is C=C(C)CC(NCCC)c1ccc(F)c2ccccc12. The van der Waals surface area contributed by atoms with Crippen molar-refractivity contribution in [2.75, 3.05) is 6.54 Å². The molecule has 0 heterocycles. The van der Waals surface area contributed by atoms with E-state index in [4.69, 9.17) is 0 Å². The average molecular weight is 271 g/mol. The number of hydrogen-bond donors (Lipinski definition) is 1. The lowest BCUT2D eigenvalue weighted by molar-refractivity contribution is 0.530. The Morgan fingerprint density at radius 2 is 1.90 bits per heavy atom. The highest BCUT2D eigenvalue weighted by Gasteiger charge is 2.15. The van der Waals surface area contributed by atoms with Crippen LogP contribution in [0.3, 0.4) is 0 Å². The minimum absolute atomic E-state index is 0.158. The molecule has 0 spiro atoms. The van der Waals surface area contributed by atoms with E-state index in [0.29, 0.717) is 5.39 Å². The second kappa shape index (κ2) is 6.67. The monoisotopic (exact) mass is 271 g/mol. The first kappa shape index (κ1) is 14.7. The van der Waals surface area contributed by atoms with Crippen molar-refractivity contribution in [3.63, 3.8) is 0 Å². The van der Waals surface area contributed by atoms with Gasteiger partial charge in [0.25, 0.3) is 0 Å². The maximum absolute atomic E-state index is 13.9. The maximum Gasteiger partial charge on any atom is 0.131 e. The molecule has 0 aliphatic rings. The fourth-order valence-corrected chi connectivity index (χ4v) is 2.55. The van der Waals surface area contributed by atoms with Gasteiger partial charge >= 0.3 is 0 Å². The van der Waals surface area contributed by atoms with Gasteiger partial charge in [-0.25, -0.2) is 4.39 Å². The third kappa shape index (κ3) is 3.26. The molecule has 106 valence electrons. The predicted octanol–water partition coefficient (Wildman–Crippen LogP) is 4.99. The van der Waals surface area contributed by atoms with E-state index in [1.54, 1.807) is 6.07 Å². The zero-order chi connectivity index (χ0) is 14.5. The molecule has 2 aromatic carbocycles. The lowest BCUT2D eigenvalue weighted by Crippen LogP contribution is -2.22. The summed E-state index contributed by atoms with van der Waals surface area (Å²) in [4.78, 5) is 0. The molecule has 1 atom stereocenters. The Labute approximate surface area is 120 Å². The van der Waals surface area contributed by atoms with Crippen LogP contribution in [0.25, 0.3) is 10.8 Å². The van der Waals surface area contributed by atoms with Gasteiger partial charge < -0.3 is 5.32 Å². The highest BCUT2D eigenvalue weighted by atomic mass is 19.1. The maximum atomic E-state index is 13.9. The zero-order valence-electron chi connectivity index (χ0n) is 12.2. The molecule has 0 saturated carbocycles. The van der Waals surface area contributed by atoms with Gasteiger partial charge in [-0.05, 0) is 43.3 Å². The zero-order valence-corrected chi connectivity index (χ0v) is 12.2. The van der Waals surface area contributed by atoms with Crippen LogP contribution in [-0.4, -0.2) is 6.54 Å². The Balaban J connectivity index is 2.46. The molecule has 0 amide bonds. The second-order valence-electron chi connectivity index (χ2n) is 5.35. The molecular formula is C18H22FN. The van der Waals surface area contributed by atoms with Gasteiger partial charge in [0.05, 0.1) is 0 Å². The van der Waals surface area contributed by atoms with E-state index in [-0.39, 0.29) is 11.9 Å². The summed E-state index contributed by atoms with van der Waals surface area (Å²) in [5.41, 5.74) is 2.28. The first-order chi connectivity index (χ1) is 9.63. The number of halogens is 1. The fraction of sp³-hybridized carbons (Fsp3) is 0.333. The van der Waals surface area contributed by atoms with Crippen molar-refractivity contribution in [1.29, 1.82) is 0 Å². The summed E-state index contributed by atoms with van der Waals surface area (Å²) in [5.74, 6) is -0.158. The van der Waals surface area contributed by atoms with Gasteiger partial charge in [-0.2, -0.15) is 0 Å². The quantitative estimate of drug-likeness (QED) is 0.730. The molecular weight excluding hydrogens is 249 g/mol. The lowest BCUT2D eigenvalue weighted by Gasteiger charge is -2.21. The molecule has 0 bridgehead atoms. The highest BCUT2D eigenvalue weighted by Crippen LogP contribution is 2.29. The highest BCUT2D eigenvalue weighted by molar-refractivity contribution is 5.86. The summed E-state index contributed by atoms with van der Waals surface area (Å²) in [5, 5.41) is 5.22. The molecule has 0 aliphatic carbocycles. The standard InChI is InChI=1S/C18H22FN/c1-4-11-20-18(12-13(2)3)16-9-10-17(19)15-8-6-5-7-14(15)16/h5-10,18,20H,2,4,11-12H2,1,3H3. The van der Waals surface area contributed by atoms with Crippen LogP contribution < -0.4 is 5.32 Å². The summed E-state index contributed by atoms with van der Waals surface area (Å²) < 4.78 is 13.9. The molecule has 1 N–H and O–H groups in total. The van der Waals surface area contributed by atoms with E-state index < -0.39 is 0 Å². The molecule has 0 saturated heterocycles. The van der Waals surface area contributed by atoms with Gasteiger partial charge in [0.15, 0.2) is 0 Å². The first-order valence-electron chi connectivity index (χ1n) is 7.18. The Bertz CT molecular complexity index is 603. The molecule has 2 heteroatoms. The van der Waals surface area contributed by atoms with Gasteiger partial charge in [0.1, 0.15) is 5.82 Å². The summed E-state index contributed by atoms with van der Waals surface area (Å²) in [7, 11) is 0. The van der Waals surface area contributed by atoms with Crippen LogP contribution in [0.2, 0.25) is 0 Å². The summed E-state index contributed by atoms with van der Waals surface area (Å²) in [6.07, 6.45) is 1.95. The van der Waals surface area contributed by atoms with Crippen LogP contribution in [0, 0.1) is 5.82 Å². The number of hydrogen-bond acceptors (Lipinski definition) is 1. The smallest absolute Gasteiger partial charge is 0.131 e. The van der Waals surface area contributed by atoms with Crippen LogP contribution >= 0.6 is 0 Å². The predicted molar refractivity (Wildman–Crippen MR) is 84.4 cm³/mol. The second-order valence-corrected chi connectivity index (χ2v) is 5.35. The topological polar surface area (TPSA) is 12.0 Å². The van der Waals surface area contributed by atoms with Crippen LogP contribution in [0.1, 0.15) is 38.3 Å². The number of benzene rings is 2. The van der Waals surface area contributed by atoms with E-state index in [1.165, 1.54) is 0 Å². The van der Waals surface area contributed by atoms with E-state index in [0.717, 1.165) is 35.9 Å². The van der Waals surface area contributed by atoms with Crippen molar-refractivity contribution < 1.29 is 4.39 Å². The molecule has 0 fully saturated rings. The van der Waals surface area contributed by atoms with Crippen molar-refractivity contribution in [1.82, 2.24) is 5.32 Å². The lowest BCUT2D eigenvalue weighted by atomic mass is 9.94. The molecule has 2 aromatic rings. The minimum Gasteiger partial charge on any atom is -0.310 e. The van der Waals surface area contributed by atoms with Gasteiger partial charge in [-0.1, -0.05) is 42.8 Å². The summed E-state index contributed by atoms with van der Waals surface area (Å²) >= 11 is 0. The Hall–Kier alpha value is -1.67. The molecule has 0 radical (unpaired) electrons. The molecule has 0 aliphatic heterocycles. The number of nitrogens with one attached hydrogen (secondary N) is 1. The molecule has 0 aromatic heterocycles. The largest absolute Gasteiger partial charge is 0.310 e. The Kier molecular flexibility index (Phi) is 4.91. The Morgan fingerprint density at radius 1 is 1.20 bits per heavy atom. The van der Waals surface area contributed by atoms with Crippen molar-refractivity contribution in [2.45, 2.75) is 32.7 Å².